The molecular formula is C39H54ClN5O5S. The Balaban J connectivity index is 1.11. The van der Waals surface area contributed by atoms with Crippen LogP contribution < -0.4 is 14.4 Å². The molecule has 1 N–H and O–H groups in total. The van der Waals surface area contributed by atoms with Crippen molar-refractivity contribution in [1.82, 2.24) is 19.5 Å². The number of ether oxygens (including phenoxy) is 2. The van der Waals surface area contributed by atoms with Gasteiger partial charge >= 0.3 is 0 Å². The van der Waals surface area contributed by atoms with E-state index in [-0.39, 0.29) is 28.4 Å². The fraction of sp³-hybridized carbons (Fsp3) is 0.692. The van der Waals surface area contributed by atoms with Crippen LogP contribution in [0.15, 0.2) is 47.5 Å². The first-order valence-electron chi connectivity index (χ1n) is 19.3. The fourth-order valence-corrected chi connectivity index (χ4v) is 11.3. The third kappa shape index (κ3) is 6.91. The summed E-state index contributed by atoms with van der Waals surface area (Å²) in [5.41, 5.74) is 0.375. The molecule has 278 valence electrons. The van der Waals surface area contributed by atoms with Crippen molar-refractivity contribution in [3.63, 3.8) is 0 Å². The molecule has 0 radical (unpaired) electrons. The molecule has 0 aromatic carbocycles. The summed E-state index contributed by atoms with van der Waals surface area (Å²) in [5, 5.41) is 0.0301. The van der Waals surface area contributed by atoms with Gasteiger partial charge in [-0.1, -0.05) is 49.2 Å². The van der Waals surface area contributed by atoms with Crippen molar-refractivity contribution in [2.24, 2.45) is 34.5 Å². The highest BCUT2D eigenvalue weighted by Crippen LogP contribution is 2.77. The molecule has 2 bridgehead atoms. The topological polar surface area (TPSA) is 104 Å². The lowest BCUT2D eigenvalue weighted by atomic mass is 9.65. The second-order valence-corrected chi connectivity index (χ2v) is 19.0. The molecule has 2 saturated carbocycles. The average Bonchev–Trinajstić information content (AvgIpc) is 3.76. The molecule has 12 heteroatoms. The van der Waals surface area contributed by atoms with Crippen LogP contribution in [0.3, 0.4) is 0 Å². The number of sulfonamides is 1. The molecule has 1 aromatic rings. The summed E-state index contributed by atoms with van der Waals surface area (Å²) in [6.07, 6.45) is 18.2. The predicted molar refractivity (Wildman–Crippen MR) is 199 cm³/mol. The molecule has 1 aromatic heterocycles. The van der Waals surface area contributed by atoms with Crippen LogP contribution in [-0.4, -0.2) is 106 Å². The van der Waals surface area contributed by atoms with Crippen molar-refractivity contribution in [2.45, 2.75) is 70.1 Å². The molecule has 3 aliphatic carbocycles. The van der Waals surface area contributed by atoms with Gasteiger partial charge in [0.25, 0.3) is 5.91 Å². The summed E-state index contributed by atoms with van der Waals surface area (Å²) in [6.45, 7) is 12.8. The van der Waals surface area contributed by atoms with E-state index in [1.807, 2.05) is 19.1 Å². The minimum Gasteiger partial charge on any atom is -0.489 e. The quantitative estimate of drug-likeness (QED) is 0.418. The second-order valence-electron chi connectivity index (χ2n) is 16.5. The lowest BCUT2D eigenvalue weighted by Gasteiger charge is -2.47. The van der Waals surface area contributed by atoms with Gasteiger partial charge in [0, 0.05) is 62.2 Å². The molecule has 7 atom stereocenters. The minimum atomic E-state index is -3.94. The standard InChI is InChI=1S/C39H54ClN5O5S/c1-27-6-5-13-38(26-43-16-18-44(19-17-43)33-23-49-24-33)25-39(38)14-12-31(39)21-45-15-4-3-7-29-20-32(40)9-8-30(29)22-50-35-11-10-34(41-36(35)45)37(46)42-51(47,48)28(27)2/h5,8-11,13,20,27-31,33H,3-4,6-7,12,14-19,21-26H2,1-2H3,(H,42,46)/b13-5+/t27-,28+,29?,30?,31-,38+,39+/m0/s1. The van der Waals surface area contributed by atoms with Crippen molar-refractivity contribution < 1.29 is 22.7 Å². The van der Waals surface area contributed by atoms with Gasteiger partial charge in [-0.15, -0.1) is 0 Å². The maximum absolute atomic E-state index is 13.5. The predicted octanol–water partition coefficient (Wildman–Crippen LogP) is 5.22. The Labute approximate surface area is 308 Å². The van der Waals surface area contributed by atoms with E-state index < -0.39 is 21.2 Å². The molecule has 2 saturated heterocycles. The van der Waals surface area contributed by atoms with E-state index in [0.29, 0.717) is 42.5 Å². The van der Waals surface area contributed by atoms with Gasteiger partial charge in [0.2, 0.25) is 10.0 Å². The summed E-state index contributed by atoms with van der Waals surface area (Å²) < 4.78 is 41.5. The zero-order chi connectivity index (χ0) is 35.4. The Morgan fingerprint density at radius 3 is 2.61 bits per heavy atom. The van der Waals surface area contributed by atoms with Crippen LogP contribution in [0.25, 0.3) is 0 Å². The Kier molecular flexibility index (Phi) is 9.83. The molecule has 1 amide bonds. The van der Waals surface area contributed by atoms with Crippen LogP contribution in [0, 0.1) is 34.5 Å². The zero-order valence-electron chi connectivity index (χ0n) is 30.1. The molecule has 51 heavy (non-hydrogen) atoms. The van der Waals surface area contributed by atoms with Gasteiger partial charge in [-0.3, -0.25) is 14.6 Å². The normalized spacial score (nSPS) is 38.2. The molecule has 7 aliphatic rings. The average molecular weight is 740 g/mol. The van der Waals surface area contributed by atoms with Gasteiger partial charge in [0.15, 0.2) is 11.6 Å². The van der Waals surface area contributed by atoms with E-state index in [1.54, 1.807) is 13.0 Å². The molecule has 5 heterocycles. The number of pyridine rings is 1. The number of nitrogens with one attached hydrogen (secondary N) is 1. The van der Waals surface area contributed by atoms with Gasteiger partial charge < -0.3 is 14.4 Å². The molecule has 8 rings (SSSR count). The highest BCUT2D eigenvalue weighted by atomic mass is 35.5. The van der Waals surface area contributed by atoms with Gasteiger partial charge in [-0.05, 0) is 86.8 Å². The van der Waals surface area contributed by atoms with Crippen LogP contribution in [0.1, 0.15) is 69.3 Å². The van der Waals surface area contributed by atoms with Crippen LogP contribution in [0.2, 0.25) is 0 Å². The Morgan fingerprint density at radius 2 is 1.86 bits per heavy atom. The number of hydrogen-bond acceptors (Lipinski definition) is 9. The van der Waals surface area contributed by atoms with E-state index in [0.717, 1.165) is 89.7 Å². The summed E-state index contributed by atoms with van der Waals surface area (Å²) >= 11 is 6.43. The number of rotatable bonds is 3. The van der Waals surface area contributed by atoms with E-state index in [9.17, 15) is 13.2 Å². The lowest BCUT2D eigenvalue weighted by Crippen LogP contribution is -2.57. The number of hydrogen-bond donors (Lipinski definition) is 1. The van der Waals surface area contributed by atoms with Gasteiger partial charge in [-0.25, -0.2) is 18.1 Å². The summed E-state index contributed by atoms with van der Waals surface area (Å²) in [4.78, 5) is 26.1. The van der Waals surface area contributed by atoms with Crippen molar-refractivity contribution in [1.29, 1.82) is 0 Å². The Bertz CT molecular complexity index is 1690. The number of anilines is 1. The lowest BCUT2D eigenvalue weighted by molar-refractivity contribution is -0.0782. The first kappa shape index (κ1) is 35.6. The second kappa shape index (κ2) is 14.1. The van der Waals surface area contributed by atoms with Crippen molar-refractivity contribution in [3.05, 3.63) is 53.2 Å². The number of piperazine rings is 1. The first-order chi connectivity index (χ1) is 24.6. The van der Waals surface area contributed by atoms with Crippen molar-refractivity contribution in [3.8, 4) is 5.75 Å². The number of amides is 1. The minimum absolute atomic E-state index is 0.0710. The highest BCUT2D eigenvalue weighted by Gasteiger charge is 2.72. The maximum Gasteiger partial charge on any atom is 0.283 e. The zero-order valence-corrected chi connectivity index (χ0v) is 31.7. The van der Waals surface area contributed by atoms with Gasteiger partial charge in [0.05, 0.1) is 31.1 Å². The molecule has 1 spiro atoms. The maximum atomic E-state index is 13.5. The monoisotopic (exact) mass is 739 g/mol. The van der Waals surface area contributed by atoms with Gasteiger partial charge in [0.1, 0.15) is 5.69 Å². The third-order valence-corrected chi connectivity index (χ3v) is 15.8. The van der Waals surface area contributed by atoms with Gasteiger partial charge in [-0.2, -0.15) is 0 Å². The van der Waals surface area contributed by atoms with E-state index in [4.69, 9.17) is 26.1 Å². The number of aromatic nitrogens is 1. The van der Waals surface area contributed by atoms with Crippen LogP contribution in [0.4, 0.5) is 5.82 Å². The number of carbonyl (C=O) groups excluding carboxylic acids is 1. The SMILES string of the molecule is C[C@@H]1[C@@H](C)C/C=C/[C@]2(CN3CCN(C4COC4)CC3)C[C@@]23CC[C@H]3CN2CCCCC3C=C(Cl)C=CC3COc3ccc(nc32)C(=O)NS1(=O)=O. The summed E-state index contributed by atoms with van der Waals surface area (Å²) in [5.74, 6) is 1.39. The van der Waals surface area contributed by atoms with Crippen LogP contribution >= 0.6 is 11.6 Å². The highest BCUT2D eigenvalue weighted by molar-refractivity contribution is 7.90. The molecular weight excluding hydrogens is 686 g/mol. The van der Waals surface area contributed by atoms with Crippen LogP contribution in [0.5, 0.6) is 5.75 Å². The largest absolute Gasteiger partial charge is 0.489 e. The number of nitrogens with zero attached hydrogens (tertiary/aromatic N) is 4. The third-order valence-electron chi connectivity index (χ3n) is 13.6. The Hall–Kier alpha value is -2.44. The van der Waals surface area contributed by atoms with Crippen LogP contribution in [-0.2, 0) is 14.8 Å². The Morgan fingerprint density at radius 1 is 1.04 bits per heavy atom. The van der Waals surface area contributed by atoms with E-state index in [2.05, 4.69) is 43.7 Å². The smallest absolute Gasteiger partial charge is 0.283 e. The summed E-state index contributed by atoms with van der Waals surface area (Å²) in [7, 11) is -3.94. The number of allylic oxidation sites excluding steroid dienone is 4. The molecule has 4 aliphatic heterocycles. The van der Waals surface area contributed by atoms with E-state index in [1.165, 1.54) is 12.8 Å². The number of carbonyl (C=O) groups is 1. The molecule has 10 nitrogen and oxygen atoms in total. The number of fused-ring (bicyclic) bond motifs is 2. The van der Waals surface area contributed by atoms with Crippen molar-refractivity contribution >= 4 is 33.3 Å². The molecule has 2 unspecified atom stereocenters. The fourth-order valence-electron chi connectivity index (χ4n) is 9.80. The number of halogens is 1. The summed E-state index contributed by atoms with van der Waals surface area (Å²) in [6, 6.07) is 3.98. The first-order valence-corrected chi connectivity index (χ1v) is 21.2. The van der Waals surface area contributed by atoms with Crippen molar-refractivity contribution in [2.75, 3.05) is 70.5 Å². The molecule has 4 fully saturated rings. The van der Waals surface area contributed by atoms with E-state index >= 15 is 0 Å².